The van der Waals surface area contributed by atoms with Gasteiger partial charge in [0, 0.05) is 50.1 Å². The Morgan fingerprint density at radius 3 is 2.44 bits per heavy atom. The summed E-state index contributed by atoms with van der Waals surface area (Å²) >= 11 is 0. The molecule has 0 aliphatic carbocycles. The van der Waals surface area contributed by atoms with E-state index < -0.39 is 6.10 Å². The quantitative estimate of drug-likeness (QED) is 0.437. The number of hydrogen-bond acceptors (Lipinski definition) is 8. The number of aliphatic hydroxyl groups is 1. The Hall–Kier alpha value is -2.88. The largest absolute Gasteiger partial charge is 0.497 e. The van der Waals surface area contributed by atoms with Crippen LogP contribution in [0.25, 0.3) is 16.9 Å². The van der Waals surface area contributed by atoms with Gasteiger partial charge in [-0.3, -0.25) is 0 Å². The van der Waals surface area contributed by atoms with Gasteiger partial charge in [-0.15, -0.1) is 0 Å². The lowest BCUT2D eigenvalue weighted by atomic mass is 10.1. The third-order valence-corrected chi connectivity index (χ3v) is 5.50. The SMILES string of the molecule is C1CCOC1.CNCC(O)COc1cc(OC)cc(-c2cc(NC)n3ncc(C(C)C)c3n2)c1. The molecule has 2 aromatic heterocycles. The first-order chi connectivity index (χ1) is 16.5. The fourth-order valence-corrected chi connectivity index (χ4v) is 3.63. The van der Waals surface area contributed by atoms with E-state index in [1.807, 2.05) is 36.0 Å². The lowest BCUT2D eigenvalue weighted by Gasteiger charge is -2.14. The predicted octanol–water partition coefficient (Wildman–Crippen LogP) is 3.33. The van der Waals surface area contributed by atoms with E-state index >= 15 is 0 Å². The molecule has 186 valence electrons. The van der Waals surface area contributed by atoms with Crippen LogP contribution in [0.3, 0.4) is 0 Å². The number of likely N-dealkylation sites (N-methyl/N-ethyl adjacent to an activating group) is 1. The van der Waals surface area contributed by atoms with E-state index in [-0.39, 0.29) is 6.61 Å². The van der Waals surface area contributed by atoms with Crippen LogP contribution in [0.15, 0.2) is 30.5 Å². The van der Waals surface area contributed by atoms with Crippen molar-refractivity contribution in [2.75, 3.05) is 52.9 Å². The van der Waals surface area contributed by atoms with E-state index in [1.165, 1.54) is 12.8 Å². The summed E-state index contributed by atoms with van der Waals surface area (Å²) in [6.07, 6.45) is 3.82. The number of methoxy groups -OCH3 is 1. The molecule has 9 nitrogen and oxygen atoms in total. The number of hydrogen-bond donors (Lipinski definition) is 3. The van der Waals surface area contributed by atoms with Gasteiger partial charge in [0.2, 0.25) is 0 Å². The summed E-state index contributed by atoms with van der Waals surface area (Å²) in [7, 11) is 5.26. The first-order valence-corrected chi connectivity index (χ1v) is 11.8. The second kappa shape index (κ2) is 12.5. The topological polar surface area (TPSA) is 102 Å². The Morgan fingerprint density at radius 1 is 1.12 bits per heavy atom. The maximum absolute atomic E-state index is 9.92. The minimum atomic E-state index is -0.597. The molecule has 9 heteroatoms. The summed E-state index contributed by atoms with van der Waals surface area (Å²) in [5, 5.41) is 20.5. The molecule has 3 aromatic rings. The number of aliphatic hydroxyl groups excluding tert-OH is 1. The van der Waals surface area contributed by atoms with Crippen LogP contribution in [-0.4, -0.2) is 73.4 Å². The molecule has 1 fully saturated rings. The normalized spacial score (nSPS) is 14.1. The molecule has 0 bridgehead atoms. The van der Waals surface area contributed by atoms with Crippen molar-refractivity contribution in [1.82, 2.24) is 19.9 Å². The number of fused-ring (bicyclic) bond motifs is 1. The highest BCUT2D eigenvalue weighted by Gasteiger charge is 2.15. The zero-order chi connectivity index (χ0) is 24.5. The van der Waals surface area contributed by atoms with Crippen LogP contribution in [-0.2, 0) is 4.74 Å². The second-order valence-corrected chi connectivity index (χ2v) is 8.51. The number of benzene rings is 1. The van der Waals surface area contributed by atoms with Crippen LogP contribution in [0.2, 0.25) is 0 Å². The van der Waals surface area contributed by atoms with Gasteiger partial charge in [-0.2, -0.15) is 9.61 Å². The van der Waals surface area contributed by atoms with Gasteiger partial charge in [0.15, 0.2) is 5.65 Å². The molecule has 1 atom stereocenters. The molecule has 1 aromatic carbocycles. The molecule has 0 radical (unpaired) electrons. The number of anilines is 1. The third-order valence-electron chi connectivity index (χ3n) is 5.50. The molecule has 1 saturated heterocycles. The van der Waals surface area contributed by atoms with Crippen LogP contribution >= 0.6 is 0 Å². The number of nitrogens with one attached hydrogen (secondary N) is 2. The van der Waals surface area contributed by atoms with E-state index in [4.69, 9.17) is 19.2 Å². The van der Waals surface area contributed by atoms with Crippen molar-refractivity contribution in [1.29, 1.82) is 0 Å². The van der Waals surface area contributed by atoms with Crippen LogP contribution in [0, 0.1) is 0 Å². The number of nitrogens with zero attached hydrogens (tertiary/aromatic N) is 3. The first kappa shape index (κ1) is 25.7. The van der Waals surface area contributed by atoms with Crippen molar-refractivity contribution in [3.05, 3.63) is 36.0 Å². The highest BCUT2D eigenvalue weighted by atomic mass is 16.5. The number of aromatic nitrogens is 3. The van der Waals surface area contributed by atoms with E-state index in [0.29, 0.717) is 24.0 Å². The van der Waals surface area contributed by atoms with Crippen molar-refractivity contribution in [3.63, 3.8) is 0 Å². The van der Waals surface area contributed by atoms with Crippen LogP contribution in [0.4, 0.5) is 5.82 Å². The highest BCUT2D eigenvalue weighted by molar-refractivity contribution is 5.70. The Morgan fingerprint density at radius 2 is 1.85 bits per heavy atom. The average Bonchev–Trinajstić information content (AvgIpc) is 3.55. The second-order valence-electron chi connectivity index (χ2n) is 8.51. The van der Waals surface area contributed by atoms with Crippen LogP contribution in [0.5, 0.6) is 11.5 Å². The smallest absolute Gasteiger partial charge is 0.161 e. The summed E-state index contributed by atoms with van der Waals surface area (Å²) in [4.78, 5) is 4.87. The van der Waals surface area contributed by atoms with E-state index in [9.17, 15) is 5.11 Å². The molecule has 4 rings (SSSR count). The van der Waals surface area contributed by atoms with E-state index in [0.717, 1.165) is 41.5 Å². The fourth-order valence-electron chi connectivity index (χ4n) is 3.63. The number of rotatable bonds is 9. The maximum atomic E-state index is 9.92. The standard InChI is InChI=1S/C21H29N5O3.C4H8O/c1-13(2)18-11-24-26-20(23-4)9-19(25-21(18)26)14-6-16(28-5)8-17(7-14)29-12-15(27)10-22-3;1-2-4-5-3-1/h6-9,11,13,15,22-23,27H,10,12H2,1-5H3;1-4H2. The molecule has 1 aliphatic rings. The van der Waals surface area contributed by atoms with Gasteiger partial charge in [0.25, 0.3) is 0 Å². The minimum Gasteiger partial charge on any atom is -0.497 e. The molecular formula is C25H37N5O4. The van der Waals surface area contributed by atoms with Gasteiger partial charge < -0.3 is 30.0 Å². The van der Waals surface area contributed by atoms with Gasteiger partial charge in [0.1, 0.15) is 30.0 Å². The predicted molar refractivity (Wildman–Crippen MR) is 134 cm³/mol. The molecule has 0 saturated carbocycles. The zero-order valence-corrected chi connectivity index (χ0v) is 20.8. The molecule has 3 N–H and O–H groups in total. The maximum Gasteiger partial charge on any atom is 0.161 e. The van der Waals surface area contributed by atoms with Crippen molar-refractivity contribution >= 4 is 11.5 Å². The van der Waals surface area contributed by atoms with Crippen molar-refractivity contribution in [2.24, 2.45) is 0 Å². The monoisotopic (exact) mass is 471 g/mol. The summed E-state index contributed by atoms with van der Waals surface area (Å²) < 4.78 is 18.0. The Labute approximate surface area is 201 Å². The molecule has 1 unspecified atom stereocenters. The average molecular weight is 472 g/mol. The molecule has 34 heavy (non-hydrogen) atoms. The fraction of sp³-hybridized carbons (Fsp3) is 0.520. The molecular weight excluding hydrogens is 434 g/mol. The van der Waals surface area contributed by atoms with Crippen molar-refractivity contribution < 1.29 is 19.3 Å². The van der Waals surface area contributed by atoms with E-state index in [1.54, 1.807) is 20.2 Å². The molecule has 3 heterocycles. The highest BCUT2D eigenvalue weighted by Crippen LogP contribution is 2.32. The Kier molecular flexibility index (Phi) is 9.50. The zero-order valence-electron chi connectivity index (χ0n) is 20.8. The Bertz CT molecular complexity index is 1040. The van der Waals surface area contributed by atoms with Crippen LogP contribution < -0.4 is 20.1 Å². The summed E-state index contributed by atoms with van der Waals surface area (Å²) in [6.45, 7) is 6.89. The minimum absolute atomic E-state index is 0.182. The van der Waals surface area contributed by atoms with E-state index in [2.05, 4.69) is 29.6 Å². The Balaban J connectivity index is 0.000000574. The number of ether oxygens (including phenoxy) is 3. The van der Waals surface area contributed by atoms with Gasteiger partial charge in [-0.25, -0.2) is 4.98 Å². The summed E-state index contributed by atoms with van der Waals surface area (Å²) in [5.74, 6) is 2.41. The van der Waals surface area contributed by atoms with Crippen molar-refractivity contribution in [3.8, 4) is 22.8 Å². The van der Waals surface area contributed by atoms with Crippen molar-refractivity contribution in [2.45, 2.75) is 38.7 Å². The van der Waals surface area contributed by atoms with Gasteiger partial charge in [0.05, 0.1) is 19.0 Å². The molecule has 1 aliphatic heterocycles. The van der Waals surface area contributed by atoms with Crippen LogP contribution in [0.1, 0.15) is 38.2 Å². The summed E-state index contributed by atoms with van der Waals surface area (Å²) in [6, 6.07) is 7.56. The molecule has 0 amide bonds. The third kappa shape index (κ3) is 6.59. The lowest BCUT2D eigenvalue weighted by molar-refractivity contribution is 0.108. The van der Waals surface area contributed by atoms with Gasteiger partial charge in [-0.05, 0) is 37.9 Å². The first-order valence-electron chi connectivity index (χ1n) is 11.8. The van der Waals surface area contributed by atoms with Gasteiger partial charge >= 0.3 is 0 Å². The molecule has 0 spiro atoms. The lowest BCUT2D eigenvalue weighted by Crippen LogP contribution is -2.29. The van der Waals surface area contributed by atoms with Gasteiger partial charge in [-0.1, -0.05) is 13.8 Å². The summed E-state index contributed by atoms with van der Waals surface area (Å²) in [5.41, 5.74) is 3.54.